The average Bonchev–Trinajstić information content (AvgIpc) is 3.39. The summed E-state index contributed by atoms with van der Waals surface area (Å²) in [4.78, 5) is 31.5. The van der Waals surface area contributed by atoms with Crippen LogP contribution >= 0.6 is 22.7 Å². The van der Waals surface area contributed by atoms with Crippen LogP contribution in [0.3, 0.4) is 0 Å². The number of thiophene rings is 2. The average molecular weight is 482 g/mol. The number of nitrogens with zero attached hydrogens (tertiary/aromatic N) is 1. The summed E-state index contributed by atoms with van der Waals surface area (Å²) in [6, 6.07) is 11.1. The van der Waals surface area contributed by atoms with Gasteiger partial charge in [0.25, 0.3) is 5.91 Å². The van der Waals surface area contributed by atoms with Gasteiger partial charge in [-0.2, -0.15) is 0 Å². The number of fused-ring (bicyclic) bond motifs is 1. The van der Waals surface area contributed by atoms with Crippen molar-refractivity contribution < 1.29 is 19.1 Å². The highest BCUT2D eigenvalue weighted by Gasteiger charge is 2.25. The van der Waals surface area contributed by atoms with Crippen LogP contribution in [0, 0.1) is 0 Å². The number of hydrogen-bond acceptors (Lipinski definition) is 8. The predicted molar refractivity (Wildman–Crippen MR) is 134 cm³/mol. The summed E-state index contributed by atoms with van der Waals surface area (Å²) in [6.07, 6.45) is 0. The molecule has 1 amide bonds. The van der Waals surface area contributed by atoms with Gasteiger partial charge >= 0.3 is 5.97 Å². The van der Waals surface area contributed by atoms with Crippen LogP contribution in [0.25, 0.3) is 21.3 Å². The number of ether oxygens (including phenoxy) is 2. The summed E-state index contributed by atoms with van der Waals surface area (Å²) in [5.41, 5.74) is 9.35. The molecule has 3 N–H and O–H groups in total. The van der Waals surface area contributed by atoms with Crippen molar-refractivity contribution in [1.29, 1.82) is 0 Å². The van der Waals surface area contributed by atoms with Crippen molar-refractivity contribution in [2.45, 2.75) is 19.8 Å². The Morgan fingerprint density at radius 2 is 1.82 bits per heavy atom. The third kappa shape index (κ3) is 4.29. The SMILES string of the molecule is COC(=O)c1c(-c2ccc(OC)cc2)csc1NC(=O)c1sc2nc(C(C)C)ccc2c1N. The minimum Gasteiger partial charge on any atom is -0.497 e. The van der Waals surface area contributed by atoms with Gasteiger partial charge in [-0.05, 0) is 35.7 Å². The fraction of sp³-hybridized carbons (Fsp3) is 0.208. The van der Waals surface area contributed by atoms with E-state index in [1.54, 1.807) is 7.11 Å². The third-order valence-electron chi connectivity index (χ3n) is 5.22. The van der Waals surface area contributed by atoms with Crippen molar-refractivity contribution in [2.24, 2.45) is 0 Å². The topological polar surface area (TPSA) is 104 Å². The monoisotopic (exact) mass is 481 g/mol. The van der Waals surface area contributed by atoms with E-state index in [0.717, 1.165) is 16.6 Å². The Morgan fingerprint density at radius 3 is 2.45 bits per heavy atom. The molecule has 0 aliphatic heterocycles. The molecule has 0 aliphatic carbocycles. The van der Waals surface area contributed by atoms with E-state index in [0.29, 0.717) is 37.3 Å². The van der Waals surface area contributed by atoms with E-state index in [-0.39, 0.29) is 5.92 Å². The van der Waals surface area contributed by atoms with Crippen molar-refractivity contribution in [3.8, 4) is 16.9 Å². The molecule has 0 unspecified atom stereocenters. The predicted octanol–water partition coefficient (Wildman–Crippen LogP) is 5.78. The molecule has 0 bridgehead atoms. The highest BCUT2D eigenvalue weighted by atomic mass is 32.1. The molecule has 0 radical (unpaired) electrons. The zero-order chi connectivity index (χ0) is 23.7. The first-order chi connectivity index (χ1) is 15.8. The van der Waals surface area contributed by atoms with Gasteiger partial charge in [0.1, 0.15) is 26.0 Å². The number of nitrogens with one attached hydrogen (secondary N) is 1. The molecule has 0 spiro atoms. The minimum absolute atomic E-state index is 0.264. The molecule has 0 saturated heterocycles. The first kappa shape index (κ1) is 22.8. The zero-order valence-electron chi connectivity index (χ0n) is 18.6. The number of rotatable bonds is 6. The van der Waals surface area contributed by atoms with Crippen LogP contribution in [0.2, 0.25) is 0 Å². The molecule has 0 aliphatic rings. The molecule has 1 aromatic carbocycles. The first-order valence-electron chi connectivity index (χ1n) is 10.2. The van der Waals surface area contributed by atoms with Crippen LogP contribution in [0.1, 0.15) is 45.5 Å². The van der Waals surface area contributed by atoms with Gasteiger partial charge in [-0.3, -0.25) is 4.79 Å². The van der Waals surface area contributed by atoms with Gasteiger partial charge in [-0.15, -0.1) is 22.7 Å². The van der Waals surface area contributed by atoms with Crippen molar-refractivity contribution in [3.05, 3.63) is 57.9 Å². The third-order valence-corrected chi connectivity index (χ3v) is 7.23. The number of amides is 1. The molecule has 3 heterocycles. The lowest BCUT2D eigenvalue weighted by Gasteiger charge is -2.08. The lowest BCUT2D eigenvalue weighted by molar-refractivity contribution is 0.0603. The van der Waals surface area contributed by atoms with E-state index >= 15 is 0 Å². The lowest BCUT2D eigenvalue weighted by Crippen LogP contribution is -2.14. The van der Waals surface area contributed by atoms with E-state index in [9.17, 15) is 9.59 Å². The van der Waals surface area contributed by atoms with Crippen molar-refractivity contribution in [1.82, 2.24) is 4.98 Å². The molecule has 4 aromatic rings. The zero-order valence-corrected chi connectivity index (χ0v) is 20.2. The summed E-state index contributed by atoms with van der Waals surface area (Å²) < 4.78 is 10.2. The molecule has 0 saturated carbocycles. The van der Waals surface area contributed by atoms with E-state index in [4.69, 9.17) is 15.2 Å². The van der Waals surface area contributed by atoms with Gasteiger partial charge in [0.15, 0.2) is 0 Å². The van der Waals surface area contributed by atoms with Crippen LogP contribution in [-0.2, 0) is 4.74 Å². The summed E-state index contributed by atoms with van der Waals surface area (Å²) in [5.74, 6) is 0.0384. The Kier molecular flexibility index (Phi) is 6.35. The van der Waals surface area contributed by atoms with Crippen LogP contribution in [0.4, 0.5) is 10.7 Å². The van der Waals surface area contributed by atoms with Crippen LogP contribution in [0.5, 0.6) is 5.75 Å². The van der Waals surface area contributed by atoms with E-state index in [2.05, 4.69) is 24.1 Å². The van der Waals surface area contributed by atoms with Crippen LogP contribution in [0.15, 0.2) is 41.8 Å². The quantitative estimate of drug-likeness (QED) is 0.339. The fourth-order valence-electron chi connectivity index (χ4n) is 3.40. The maximum Gasteiger partial charge on any atom is 0.341 e. The Labute approximate surface area is 199 Å². The Hall–Kier alpha value is -3.43. The van der Waals surface area contributed by atoms with Gasteiger partial charge in [0, 0.05) is 22.0 Å². The van der Waals surface area contributed by atoms with Crippen molar-refractivity contribution in [3.63, 3.8) is 0 Å². The van der Waals surface area contributed by atoms with E-state index in [1.807, 2.05) is 41.8 Å². The molecule has 9 heteroatoms. The molecule has 33 heavy (non-hydrogen) atoms. The Balaban J connectivity index is 1.70. The van der Waals surface area contributed by atoms with E-state index in [1.165, 1.54) is 29.8 Å². The van der Waals surface area contributed by atoms with E-state index < -0.39 is 11.9 Å². The van der Waals surface area contributed by atoms with Gasteiger partial charge in [0.05, 0.1) is 19.9 Å². The number of methoxy groups -OCH3 is 2. The second kappa shape index (κ2) is 9.21. The number of hydrogen-bond donors (Lipinski definition) is 2. The van der Waals surface area contributed by atoms with Crippen LogP contribution in [-0.4, -0.2) is 31.1 Å². The summed E-state index contributed by atoms with van der Waals surface area (Å²) >= 11 is 2.49. The summed E-state index contributed by atoms with van der Waals surface area (Å²) in [7, 11) is 2.90. The number of carbonyl (C=O) groups excluding carboxylic acids is 2. The molecule has 3 aromatic heterocycles. The minimum atomic E-state index is -0.537. The molecule has 7 nitrogen and oxygen atoms in total. The number of nitrogen functional groups attached to an aromatic ring is 1. The first-order valence-corrected chi connectivity index (χ1v) is 11.9. The Bertz CT molecular complexity index is 1340. The Morgan fingerprint density at radius 1 is 1.09 bits per heavy atom. The molecule has 0 fully saturated rings. The lowest BCUT2D eigenvalue weighted by atomic mass is 10.0. The number of aromatic nitrogens is 1. The molecule has 0 atom stereocenters. The smallest absolute Gasteiger partial charge is 0.341 e. The van der Waals surface area contributed by atoms with Crippen molar-refractivity contribution >= 4 is 55.5 Å². The van der Waals surface area contributed by atoms with Crippen molar-refractivity contribution in [2.75, 3.05) is 25.3 Å². The number of benzene rings is 1. The number of pyridine rings is 1. The maximum atomic E-state index is 13.1. The highest BCUT2D eigenvalue weighted by molar-refractivity contribution is 7.21. The molecular formula is C24H23N3O4S2. The summed E-state index contributed by atoms with van der Waals surface area (Å²) in [5, 5.41) is 5.80. The molecule has 4 rings (SSSR count). The van der Waals surface area contributed by atoms with Gasteiger partial charge < -0.3 is 20.5 Å². The second-order valence-corrected chi connectivity index (χ2v) is 9.49. The molecule has 170 valence electrons. The molecular weight excluding hydrogens is 458 g/mol. The number of anilines is 2. The second-order valence-electron chi connectivity index (χ2n) is 7.62. The van der Waals surface area contributed by atoms with Gasteiger partial charge in [-0.25, -0.2) is 9.78 Å². The number of carbonyl (C=O) groups is 2. The van der Waals surface area contributed by atoms with Crippen LogP contribution < -0.4 is 15.8 Å². The maximum absolute atomic E-state index is 13.1. The number of esters is 1. The fourth-order valence-corrected chi connectivity index (χ4v) is 5.35. The largest absolute Gasteiger partial charge is 0.497 e. The summed E-state index contributed by atoms with van der Waals surface area (Å²) in [6.45, 7) is 4.12. The normalized spacial score (nSPS) is 11.1. The van der Waals surface area contributed by atoms with Gasteiger partial charge in [0.2, 0.25) is 0 Å². The number of nitrogens with two attached hydrogens (primary N) is 1. The standard InChI is InChI=1S/C24H23N3O4S2/c1-12(2)17-10-9-15-19(25)20(33-22(15)26-17)21(28)27-23-18(24(29)31-4)16(11-32-23)13-5-7-14(30-3)8-6-13/h5-12H,25H2,1-4H3,(H,27,28). The van der Waals surface area contributed by atoms with Gasteiger partial charge in [-0.1, -0.05) is 26.0 Å². The highest BCUT2D eigenvalue weighted by Crippen LogP contribution is 2.39.